The van der Waals surface area contributed by atoms with Crippen molar-refractivity contribution in [3.05, 3.63) is 12.2 Å². The molecule has 0 aliphatic heterocycles. The average molecular weight is 126 g/mol. The van der Waals surface area contributed by atoms with E-state index < -0.39 is 0 Å². The molecule has 0 spiro atoms. The van der Waals surface area contributed by atoms with E-state index in [0.717, 1.165) is 19.4 Å². The molecule has 1 aliphatic carbocycles. The Kier molecular flexibility index (Phi) is 2.25. The fourth-order valence-electron chi connectivity index (χ4n) is 0.896. The van der Waals surface area contributed by atoms with Crippen LogP contribution in [0.2, 0.25) is 0 Å². The highest BCUT2D eigenvalue weighted by Gasteiger charge is 2.18. The first-order chi connectivity index (χ1) is 4.34. The van der Waals surface area contributed by atoms with Crippen LogP contribution in [0.1, 0.15) is 12.8 Å². The first-order valence-corrected chi connectivity index (χ1v) is 3.48. The van der Waals surface area contributed by atoms with Crippen LogP contribution in [-0.4, -0.2) is 12.6 Å². The molecule has 1 atom stereocenters. The fraction of sp³-hybridized carbons (Fsp3) is 0.714. The summed E-state index contributed by atoms with van der Waals surface area (Å²) in [6, 6.07) is 0.341. The predicted octanol–water partition coefficient (Wildman–Crippen LogP) is 0.239. The minimum atomic E-state index is 0.341. The fourth-order valence-corrected chi connectivity index (χ4v) is 0.896. The van der Waals surface area contributed by atoms with E-state index in [1.54, 1.807) is 0 Å². The lowest BCUT2D eigenvalue weighted by atomic mass is 10.1. The Hall–Kier alpha value is -0.340. The first kappa shape index (κ1) is 6.78. The Bertz CT molecular complexity index is 103. The van der Waals surface area contributed by atoms with Gasteiger partial charge in [0.05, 0.1) is 0 Å². The molecule has 0 saturated heterocycles. The van der Waals surface area contributed by atoms with Crippen LogP contribution < -0.4 is 11.5 Å². The van der Waals surface area contributed by atoms with Gasteiger partial charge in [0, 0.05) is 12.0 Å². The second-order valence-electron chi connectivity index (χ2n) is 2.56. The van der Waals surface area contributed by atoms with Crippen LogP contribution in [0.4, 0.5) is 0 Å². The third kappa shape index (κ3) is 2.16. The van der Waals surface area contributed by atoms with E-state index in [9.17, 15) is 0 Å². The van der Waals surface area contributed by atoms with Crippen molar-refractivity contribution >= 4 is 0 Å². The number of hydrogen-bond acceptors (Lipinski definition) is 2. The van der Waals surface area contributed by atoms with Crippen LogP contribution in [0.5, 0.6) is 0 Å². The van der Waals surface area contributed by atoms with Crippen molar-refractivity contribution < 1.29 is 0 Å². The topological polar surface area (TPSA) is 52.0 Å². The largest absolute Gasteiger partial charge is 0.330 e. The molecular formula is C7H14N2. The Labute approximate surface area is 55.9 Å². The molecule has 0 aromatic carbocycles. The lowest BCUT2D eigenvalue weighted by Crippen LogP contribution is -2.23. The quantitative estimate of drug-likeness (QED) is 0.530. The molecule has 0 amide bonds. The van der Waals surface area contributed by atoms with Crippen molar-refractivity contribution in [2.24, 2.45) is 17.4 Å². The minimum Gasteiger partial charge on any atom is -0.330 e. The maximum atomic E-state index is 5.75. The molecule has 4 N–H and O–H groups in total. The Morgan fingerprint density at radius 2 is 2.11 bits per heavy atom. The molecule has 0 saturated carbocycles. The molecular weight excluding hydrogens is 112 g/mol. The van der Waals surface area contributed by atoms with E-state index in [4.69, 9.17) is 11.5 Å². The van der Waals surface area contributed by atoms with Crippen molar-refractivity contribution in [3.8, 4) is 0 Å². The molecule has 2 heteroatoms. The summed E-state index contributed by atoms with van der Waals surface area (Å²) >= 11 is 0. The van der Waals surface area contributed by atoms with Crippen molar-refractivity contribution in [2.75, 3.05) is 6.54 Å². The van der Waals surface area contributed by atoms with Gasteiger partial charge >= 0.3 is 0 Å². The van der Waals surface area contributed by atoms with E-state index in [-0.39, 0.29) is 0 Å². The molecule has 52 valence electrons. The highest BCUT2D eigenvalue weighted by atomic mass is 14.7. The predicted molar refractivity (Wildman–Crippen MR) is 38.9 cm³/mol. The van der Waals surface area contributed by atoms with Gasteiger partial charge in [0.15, 0.2) is 0 Å². The van der Waals surface area contributed by atoms with Gasteiger partial charge in [-0.1, -0.05) is 12.2 Å². The summed E-state index contributed by atoms with van der Waals surface area (Å²) in [6.07, 6.45) is 6.40. The third-order valence-electron chi connectivity index (χ3n) is 1.65. The third-order valence-corrected chi connectivity index (χ3v) is 1.65. The Morgan fingerprint density at radius 1 is 1.44 bits per heavy atom. The van der Waals surface area contributed by atoms with E-state index >= 15 is 0 Å². The molecule has 9 heavy (non-hydrogen) atoms. The van der Waals surface area contributed by atoms with Gasteiger partial charge in [0.25, 0.3) is 0 Å². The summed E-state index contributed by atoms with van der Waals surface area (Å²) in [6.45, 7) is 0.764. The minimum absolute atomic E-state index is 0.341. The van der Waals surface area contributed by atoms with Crippen molar-refractivity contribution in [3.63, 3.8) is 0 Å². The van der Waals surface area contributed by atoms with E-state index in [2.05, 4.69) is 12.2 Å². The summed E-state index contributed by atoms with van der Waals surface area (Å²) < 4.78 is 0. The van der Waals surface area contributed by atoms with Gasteiger partial charge < -0.3 is 11.5 Å². The normalized spacial score (nSPS) is 20.2. The molecule has 1 aliphatic rings. The maximum Gasteiger partial charge on any atom is 0.0137 e. The summed E-state index contributed by atoms with van der Waals surface area (Å²) in [5.41, 5.74) is 11.1. The van der Waals surface area contributed by atoms with Gasteiger partial charge in [0.2, 0.25) is 0 Å². The van der Waals surface area contributed by atoms with Gasteiger partial charge in [-0.25, -0.2) is 0 Å². The van der Waals surface area contributed by atoms with Crippen LogP contribution in [0, 0.1) is 5.92 Å². The zero-order valence-corrected chi connectivity index (χ0v) is 5.59. The van der Waals surface area contributed by atoms with Crippen LogP contribution in [0.3, 0.4) is 0 Å². The molecule has 0 aromatic heterocycles. The van der Waals surface area contributed by atoms with Crippen LogP contribution >= 0.6 is 0 Å². The van der Waals surface area contributed by atoms with Gasteiger partial charge in [0.1, 0.15) is 0 Å². The summed E-state index contributed by atoms with van der Waals surface area (Å²) in [4.78, 5) is 0. The zero-order chi connectivity index (χ0) is 6.69. The smallest absolute Gasteiger partial charge is 0.0137 e. The van der Waals surface area contributed by atoms with Crippen molar-refractivity contribution in [1.29, 1.82) is 0 Å². The van der Waals surface area contributed by atoms with Gasteiger partial charge in [-0.2, -0.15) is 0 Å². The molecule has 1 rings (SSSR count). The first-order valence-electron chi connectivity index (χ1n) is 3.48. The summed E-state index contributed by atoms with van der Waals surface area (Å²) in [5.74, 6) is 0.594. The van der Waals surface area contributed by atoms with Gasteiger partial charge in [-0.3, -0.25) is 0 Å². The van der Waals surface area contributed by atoms with Crippen LogP contribution in [0.15, 0.2) is 12.2 Å². The molecule has 2 nitrogen and oxygen atoms in total. The molecule has 1 unspecified atom stereocenters. The van der Waals surface area contributed by atoms with Crippen LogP contribution in [-0.2, 0) is 0 Å². The molecule has 0 aromatic rings. The Morgan fingerprint density at radius 3 is 2.56 bits per heavy atom. The second kappa shape index (κ2) is 2.99. The lowest BCUT2D eigenvalue weighted by Gasteiger charge is -2.07. The van der Waals surface area contributed by atoms with E-state index in [1.165, 1.54) is 0 Å². The molecule has 0 radical (unpaired) electrons. The van der Waals surface area contributed by atoms with Crippen molar-refractivity contribution in [2.45, 2.75) is 18.9 Å². The SMILES string of the molecule is NCCCC(N)C1C=C1. The highest BCUT2D eigenvalue weighted by molar-refractivity contribution is 5.17. The van der Waals surface area contributed by atoms with E-state index in [0.29, 0.717) is 12.0 Å². The number of rotatable bonds is 4. The molecule has 0 heterocycles. The number of hydrogen-bond donors (Lipinski definition) is 2. The average Bonchev–Trinajstić information content (AvgIpc) is 2.63. The van der Waals surface area contributed by atoms with Crippen LogP contribution in [0.25, 0.3) is 0 Å². The Balaban J connectivity index is 1.97. The summed E-state index contributed by atoms with van der Waals surface area (Å²) in [7, 11) is 0. The number of nitrogens with two attached hydrogens (primary N) is 2. The maximum absolute atomic E-state index is 5.75. The standard InChI is InChI=1S/C7H14N2/c8-5-1-2-7(9)6-3-4-6/h3-4,6-7H,1-2,5,8-9H2. The van der Waals surface area contributed by atoms with E-state index in [1.807, 2.05) is 0 Å². The molecule has 0 bridgehead atoms. The monoisotopic (exact) mass is 126 g/mol. The zero-order valence-electron chi connectivity index (χ0n) is 5.59. The summed E-state index contributed by atoms with van der Waals surface area (Å²) in [5, 5.41) is 0. The second-order valence-corrected chi connectivity index (χ2v) is 2.56. The van der Waals surface area contributed by atoms with Crippen molar-refractivity contribution in [1.82, 2.24) is 0 Å². The van der Waals surface area contributed by atoms with Gasteiger partial charge in [-0.05, 0) is 19.4 Å². The van der Waals surface area contributed by atoms with Gasteiger partial charge in [-0.15, -0.1) is 0 Å². The lowest BCUT2D eigenvalue weighted by molar-refractivity contribution is 0.557. The molecule has 0 fully saturated rings. The highest BCUT2D eigenvalue weighted by Crippen LogP contribution is 2.21.